The van der Waals surface area contributed by atoms with E-state index in [4.69, 9.17) is 17.3 Å². The van der Waals surface area contributed by atoms with Crippen molar-refractivity contribution in [2.24, 2.45) is 5.73 Å². The molecule has 1 aliphatic rings. The van der Waals surface area contributed by atoms with Crippen LogP contribution < -0.4 is 5.73 Å². The van der Waals surface area contributed by atoms with Crippen molar-refractivity contribution in [2.75, 3.05) is 0 Å². The van der Waals surface area contributed by atoms with Crippen LogP contribution in [0.4, 0.5) is 4.39 Å². The number of fused-ring (bicyclic) bond motifs is 1. The van der Waals surface area contributed by atoms with Gasteiger partial charge in [-0.05, 0) is 52.4 Å². The molecule has 0 fully saturated rings. The Morgan fingerprint density at radius 2 is 2.29 bits per heavy atom. The summed E-state index contributed by atoms with van der Waals surface area (Å²) in [5, 5.41) is 0.564. The quantitative estimate of drug-likeness (QED) is 0.721. The molecule has 2 rings (SSSR count). The van der Waals surface area contributed by atoms with Crippen LogP contribution in [-0.4, -0.2) is 0 Å². The van der Waals surface area contributed by atoms with Crippen LogP contribution in [0.25, 0.3) is 0 Å². The predicted molar refractivity (Wildman–Crippen MR) is 59.0 cm³/mol. The largest absolute Gasteiger partial charge is 0.324 e. The molecule has 0 spiro atoms. The standard InChI is InChI=1S/C10H10BrClFN/c11-6-4-7(13)5-2-1-3-8(14)9(5)10(6)12/h4,8H,1-3,14H2/t8-/m1/s1. The number of benzene rings is 1. The molecule has 0 unspecified atom stereocenters. The van der Waals surface area contributed by atoms with E-state index in [1.54, 1.807) is 0 Å². The molecule has 0 saturated carbocycles. The van der Waals surface area contributed by atoms with Crippen molar-refractivity contribution in [3.8, 4) is 0 Å². The third-order valence-corrected chi connectivity index (χ3v) is 3.89. The van der Waals surface area contributed by atoms with Crippen molar-refractivity contribution in [3.63, 3.8) is 0 Å². The number of nitrogens with two attached hydrogens (primary N) is 1. The molecule has 0 amide bonds. The van der Waals surface area contributed by atoms with Crippen molar-refractivity contribution in [3.05, 3.63) is 32.5 Å². The molecule has 1 nitrogen and oxygen atoms in total. The Kier molecular flexibility index (Phi) is 2.82. The fourth-order valence-corrected chi connectivity index (χ4v) is 2.66. The Bertz CT molecular complexity index is 381. The first kappa shape index (κ1) is 10.4. The summed E-state index contributed by atoms with van der Waals surface area (Å²) in [4.78, 5) is 0. The average Bonchev–Trinajstić information content (AvgIpc) is 2.14. The second-order valence-corrected chi connectivity index (χ2v) is 4.78. The summed E-state index contributed by atoms with van der Waals surface area (Å²) in [6.07, 6.45) is 2.55. The molecule has 0 aliphatic heterocycles. The van der Waals surface area contributed by atoms with Gasteiger partial charge in [0.15, 0.2) is 0 Å². The Labute approximate surface area is 95.6 Å². The molecule has 76 valence electrons. The van der Waals surface area contributed by atoms with Crippen molar-refractivity contribution >= 4 is 27.5 Å². The third kappa shape index (κ3) is 1.58. The van der Waals surface area contributed by atoms with Gasteiger partial charge < -0.3 is 5.73 Å². The van der Waals surface area contributed by atoms with E-state index in [9.17, 15) is 4.39 Å². The summed E-state index contributed by atoms with van der Waals surface area (Å²) < 4.78 is 14.1. The highest BCUT2D eigenvalue weighted by atomic mass is 79.9. The van der Waals surface area contributed by atoms with Crippen LogP contribution in [0.5, 0.6) is 0 Å². The lowest BCUT2D eigenvalue weighted by atomic mass is 9.88. The topological polar surface area (TPSA) is 26.0 Å². The SMILES string of the molecule is N[C@@H]1CCCc2c(F)cc(Br)c(Cl)c21. The minimum atomic E-state index is -0.202. The lowest BCUT2D eigenvalue weighted by Gasteiger charge is -2.24. The van der Waals surface area contributed by atoms with E-state index < -0.39 is 0 Å². The van der Waals surface area contributed by atoms with Crippen LogP contribution in [0.2, 0.25) is 5.02 Å². The lowest BCUT2D eigenvalue weighted by molar-refractivity contribution is 0.531. The minimum absolute atomic E-state index is 0.127. The molecule has 0 heterocycles. The molecule has 14 heavy (non-hydrogen) atoms. The Morgan fingerprint density at radius 3 is 3.00 bits per heavy atom. The smallest absolute Gasteiger partial charge is 0.127 e. The van der Waals surface area contributed by atoms with Crippen LogP contribution in [0.1, 0.15) is 30.0 Å². The van der Waals surface area contributed by atoms with Gasteiger partial charge in [-0.2, -0.15) is 0 Å². The molecule has 1 aliphatic carbocycles. The van der Waals surface area contributed by atoms with E-state index in [0.29, 0.717) is 15.1 Å². The molecular formula is C10H10BrClFN. The van der Waals surface area contributed by atoms with Gasteiger partial charge in [0.25, 0.3) is 0 Å². The monoisotopic (exact) mass is 277 g/mol. The fraction of sp³-hybridized carbons (Fsp3) is 0.400. The highest BCUT2D eigenvalue weighted by Crippen LogP contribution is 2.39. The summed E-state index contributed by atoms with van der Waals surface area (Å²) in [6.45, 7) is 0. The molecule has 0 saturated heterocycles. The van der Waals surface area contributed by atoms with Crippen molar-refractivity contribution < 1.29 is 4.39 Å². The van der Waals surface area contributed by atoms with Gasteiger partial charge >= 0.3 is 0 Å². The fourth-order valence-electron chi connectivity index (χ4n) is 1.94. The maximum absolute atomic E-state index is 13.5. The first-order chi connectivity index (χ1) is 6.61. The number of halogens is 3. The number of hydrogen-bond donors (Lipinski definition) is 1. The molecule has 1 atom stereocenters. The van der Waals surface area contributed by atoms with E-state index in [2.05, 4.69) is 15.9 Å². The van der Waals surface area contributed by atoms with Crippen molar-refractivity contribution in [2.45, 2.75) is 25.3 Å². The van der Waals surface area contributed by atoms with Gasteiger partial charge in [-0.1, -0.05) is 11.6 Å². The maximum atomic E-state index is 13.5. The summed E-state index contributed by atoms with van der Waals surface area (Å²) in [7, 11) is 0. The summed E-state index contributed by atoms with van der Waals surface area (Å²) in [5.41, 5.74) is 7.39. The number of rotatable bonds is 0. The van der Waals surface area contributed by atoms with Gasteiger partial charge in [0, 0.05) is 10.5 Å². The van der Waals surface area contributed by atoms with Gasteiger partial charge in [-0.3, -0.25) is 0 Å². The van der Waals surface area contributed by atoms with E-state index in [0.717, 1.165) is 24.8 Å². The van der Waals surface area contributed by atoms with E-state index >= 15 is 0 Å². The van der Waals surface area contributed by atoms with E-state index in [1.165, 1.54) is 6.07 Å². The maximum Gasteiger partial charge on any atom is 0.127 e. The average molecular weight is 279 g/mol. The minimum Gasteiger partial charge on any atom is -0.324 e. The second kappa shape index (κ2) is 3.80. The normalized spacial score (nSPS) is 20.7. The zero-order chi connectivity index (χ0) is 10.3. The molecule has 1 aromatic rings. The third-order valence-electron chi connectivity index (χ3n) is 2.63. The Morgan fingerprint density at radius 1 is 1.57 bits per heavy atom. The molecule has 2 N–H and O–H groups in total. The number of hydrogen-bond acceptors (Lipinski definition) is 1. The molecule has 4 heteroatoms. The molecular weight excluding hydrogens is 268 g/mol. The Balaban J connectivity index is 2.67. The first-order valence-corrected chi connectivity index (χ1v) is 5.70. The van der Waals surface area contributed by atoms with Gasteiger partial charge in [-0.15, -0.1) is 0 Å². The molecule has 0 aromatic heterocycles. The highest BCUT2D eigenvalue weighted by Gasteiger charge is 2.24. The first-order valence-electron chi connectivity index (χ1n) is 4.53. The predicted octanol–water partition coefficient (Wildman–Crippen LogP) is 3.58. The van der Waals surface area contributed by atoms with Gasteiger partial charge in [0.1, 0.15) is 5.82 Å². The van der Waals surface area contributed by atoms with Crippen LogP contribution in [-0.2, 0) is 6.42 Å². The summed E-state index contributed by atoms with van der Waals surface area (Å²) >= 11 is 9.31. The second-order valence-electron chi connectivity index (χ2n) is 3.55. The zero-order valence-electron chi connectivity index (χ0n) is 7.49. The van der Waals surface area contributed by atoms with Gasteiger partial charge in [0.05, 0.1) is 5.02 Å². The molecule has 0 bridgehead atoms. The van der Waals surface area contributed by atoms with Crippen LogP contribution in [0.15, 0.2) is 10.5 Å². The van der Waals surface area contributed by atoms with Crippen LogP contribution in [0, 0.1) is 5.82 Å². The highest BCUT2D eigenvalue weighted by molar-refractivity contribution is 9.10. The lowest BCUT2D eigenvalue weighted by Crippen LogP contribution is -2.19. The van der Waals surface area contributed by atoms with E-state index in [1.807, 2.05) is 0 Å². The van der Waals surface area contributed by atoms with Gasteiger partial charge in [0.2, 0.25) is 0 Å². The van der Waals surface area contributed by atoms with Gasteiger partial charge in [-0.25, -0.2) is 4.39 Å². The zero-order valence-corrected chi connectivity index (χ0v) is 9.83. The van der Waals surface area contributed by atoms with Crippen molar-refractivity contribution in [1.29, 1.82) is 0 Å². The van der Waals surface area contributed by atoms with Crippen molar-refractivity contribution in [1.82, 2.24) is 0 Å². The summed E-state index contributed by atoms with van der Waals surface area (Å²) in [6, 6.07) is 1.29. The molecule has 0 radical (unpaired) electrons. The summed E-state index contributed by atoms with van der Waals surface area (Å²) in [5.74, 6) is -0.202. The Hall–Kier alpha value is -0.120. The van der Waals surface area contributed by atoms with Crippen LogP contribution in [0.3, 0.4) is 0 Å². The van der Waals surface area contributed by atoms with E-state index in [-0.39, 0.29) is 11.9 Å². The van der Waals surface area contributed by atoms with Crippen LogP contribution >= 0.6 is 27.5 Å². The molecule has 1 aromatic carbocycles.